The summed E-state index contributed by atoms with van der Waals surface area (Å²) in [7, 11) is 0. The summed E-state index contributed by atoms with van der Waals surface area (Å²) in [6.07, 6.45) is 0. The van der Waals surface area contributed by atoms with Crippen LogP contribution in [0.2, 0.25) is 0 Å². The Kier molecular flexibility index (Phi) is 4.09. The van der Waals surface area contributed by atoms with Crippen LogP contribution in [0, 0.1) is 11.6 Å². The first kappa shape index (κ1) is 13.2. The number of thiophene rings is 1. The smallest absolute Gasteiger partial charge is 0.167 e. The third-order valence-corrected chi connectivity index (χ3v) is 4.08. The Balaban J connectivity index is 2.32. The molecule has 1 heterocycles. The third kappa shape index (κ3) is 2.60. The van der Waals surface area contributed by atoms with E-state index in [0.717, 1.165) is 22.4 Å². The van der Waals surface area contributed by atoms with Crippen molar-refractivity contribution < 1.29 is 8.78 Å². The molecule has 0 saturated carbocycles. The molecule has 0 aliphatic carbocycles. The summed E-state index contributed by atoms with van der Waals surface area (Å²) in [6, 6.07) is 8.29. The number of benzene rings is 1. The molecule has 0 saturated heterocycles. The van der Waals surface area contributed by atoms with E-state index in [2.05, 4.69) is 12.2 Å². The van der Waals surface area contributed by atoms with Gasteiger partial charge in [-0.2, -0.15) is 0 Å². The van der Waals surface area contributed by atoms with E-state index in [9.17, 15) is 8.78 Å². The topological polar surface area (TPSA) is 12.0 Å². The number of halogens is 2. The van der Waals surface area contributed by atoms with Gasteiger partial charge in [-0.3, -0.25) is 0 Å². The molecule has 1 unspecified atom stereocenters. The second-order valence-corrected chi connectivity index (χ2v) is 5.20. The molecule has 0 spiro atoms. The molecule has 96 valence electrons. The van der Waals surface area contributed by atoms with Gasteiger partial charge in [0.15, 0.2) is 11.6 Å². The number of rotatable bonds is 4. The maximum absolute atomic E-state index is 13.7. The van der Waals surface area contributed by atoms with Crippen LogP contribution >= 0.6 is 11.3 Å². The lowest BCUT2D eigenvalue weighted by Gasteiger charge is -2.09. The summed E-state index contributed by atoms with van der Waals surface area (Å²) < 4.78 is 26.8. The second-order valence-electron chi connectivity index (χ2n) is 4.08. The summed E-state index contributed by atoms with van der Waals surface area (Å²) in [5.74, 6) is -1.58. The summed E-state index contributed by atoms with van der Waals surface area (Å²) in [6.45, 7) is 4.97. The van der Waals surface area contributed by atoms with Gasteiger partial charge in [-0.25, -0.2) is 8.78 Å². The van der Waals surface area contributed by atoms with E-state index < -0.39 is 11.6 Å². The Morgan fingerprint density at radius 3 is 2.72 bits per heavy atom. The van der Waals surface area contributed by atoms with Gasteiger partial charge in [0.25, 0.3) is 0 Å². The molecule has 1 N–H and O–H groups in total. The summed E-state index contributed by atoms with van der Waals surface area (Å²) >= 11 is 1.49. The zero-order valence-electron chi connectivity index (χ0n) is 10.3. The molecule has 2 aromatic rings. The lowest BCUT2D eigenvalue weighted by molar-refractivity contribution is 0.511. The van der Waals surface area contributed by atoms with Crippen molar-refractivity contribution in [3.63, 3.8) is 0 Å². The van der Waals surface area contributed by atoms with Gasteiger partial charge >= 0.3 is 0 Å². The Bertz CT molecular complexity index is 536. The fourth-order valence-electron chi connectivity index (χ4n) is 1.83. The molecule has 1 aromatic carbocycles. The van der Waals surface area contributed by atoms with E-state index in [-0.39, 0.29) is 6.04 Å². The summed E-state index contributed by atoms with van der Waals surface area (Å²) in [4.78, 5) is 1.88. The predicted octanol–water partition coefficient (Wildman–Crippen LogP) is 4.36. The lowest BCUT2D eigenvalue weighted by atomic mass is 10.1. The van der Waals surface area contributed by atoms with E-state index in [0.29, 0.717) is 5.56 Å². The van der Waals surface area contributed by atoms with Gasteiger partial charge in [-0.1, -0.05) is 19.1 Å². The maximum Gasteiger partial charge on any atom is 0.167 e. The molecule has 2 rings (SSSR count). The standard InChI is InChI=1S/C14H15F2NS/c1-3-17-9(2)12-7-8-13(18-12)10-5-4-6-11(15)14(10)16/h4-9,17H,3H2,1-2H3. The van der Waals surface area contributed by atoms with Crippen molar-refractivity contribution in [3.05, 3.63) is 46.8 Å². The molecule has 0 radical (unpaired) electrons. The number of hydrogen-bond donors (Lipinski definition) is 1. The van der Waals surface area contributed by atoms with Crippen LogP contribution in [0.4, 0.5) is 8.78 Å². The van der Waals surface area contributed by atoms with E-state index in [1.807, 2.05) is 19.1 Å². The molecule has 1 atom stereocenters. The molecule has 0 amide bonds. The largest absolute Gasteiger partial charge is 0.310 e. The molecule has 18 heavy (non-hydrogen) atoms. The van der Waals surface area contributed by atoms with Crippen LogP contribution in [0.15, 0.2) is 30.3 Å². The molecule has 0 bridgehead atoms. The second kappa shape index (κ2) is 5.59. The molecule has 4 heteroatoms. The number of nitrogens with one attached hydrogen (secondary N) is 1. The van der Waals surface area contributed by atoms with Crippen LogP contribution in [-0.2, 0) is 0 Å². The van der Waals surface area contributed by atoms with Gasteiger partial charge in [-0.05, 0) is 31.7 Å². The van der Waals surface area contributed by atoms with Crippen LogP contribution in [-0.4, -0.2) is 6.54 Å². The van der Waals surface area contributed by atoms with Gasteiger partial charge < -0.3 is 5.32 Å². The van der Waals surface area contributed by atoms with Crippen LogP contribution < -0.4 is 5.32 Å². The highest BCUT2D eigenvalue weighted by Crippen LogP contribution is 2.33. The Hall–Kier alpha value is -1.26. The van der Waals surface area contributed by atoms with E-state index in [4.69, 9.17) is 0 Å². The third-order valence-electron chi connectivity index (χ3n) is 2.78. The van der Waals surface area contributed by atoms with Gasteiger partial charge in [0.1, 0.15) is 0 Å². The normalized spacial score (nSPS) is 12.7. The first-order valence-corrected chi connectivity index (χ1v) is 6.72. The average Bonchev–Trinajstić information content (AvgIpc) is 2.82. The van der Waals surface area contributed by atoms with Gasteiger partial charge in [0.2, 0.25) is 0 Å². The fraction of sp³-hybridized carbons (Fsp3) is 0.286. The first-order valence-electron chi connectivity index (χ1n) is 5.91. The maximum atomic E-state index is 13.7. The molecular weight excluding hydrogens is 252 g/mol. The Morgan fingerprint density at radius 1 is 1.22 bits per heavy atom. The minimum Gasteiger partial charge on any atom is -0.310 e. The SMILES string of the molecule is CCNC(C)c1ccc(-c2cccc(F)c2F)s1. The van der Waals surface area contributed by atoms with Crippen LogP contribution in [0.5, 0.6) is 0 Å². The Morgan fingerprint density at radius 2 is 2.00 bits per heavy atom. The van der Waals surface area contributed by atoms with Crippen molar-refractivity contribution >= 4 is 11.3 Å². The van der Waals surface area contributed by atoms with Gasteiger partial charge in [0.05, 0.1) is 0 Å². The van der Waals surface area contributed by atoms with E-state index >= 15 is 0 Å². The van der Waals surface area contributed by atoms with Gasteiger partial charge in [0, 0.05) is 21.4 Å². The van der Waals surface area contributed by atoms with Crippen molar-refractivity contribution in [2.45, 2.75) is 19.9 Å². The Labute approximate surface area is 109 Å². The predicted molar refractivity (Wildman–Crippen MR) is 71.8 cm³/mol. The summed E-state index contributed by atoms with van der Waals surface area (Å²) in [5.41, 5.74) is 0.329. The molecule has 0 aliphatic heterocycles. The van der Waals surface area contributed by atoms with Crippen LogP contribution in [0.3, 0.4) is 0 Å². The van der Waals surface area contributed by atoms with Crippen molar-refractivity contribution in [2.75, 3.05) is 6.54 Å². The van der Waals surface area contributed by atoms with Crippen molar-refractivity contribution in [1.29, 1.82) is 0 Å². The summed E-state index contributed by atoms with van der Waals surface area (Å²) in [5, 5.41) is 3.30. The average molecular weight is 267 g/mol. The highest BCUT2D eigenvalue weighted by molar-refractivity contribution is 7.15. The lowest BCUT2D eigenvalue weighted by Crippen LogP contribution is -2.16. The van der Waals surface area contributed by atoms with Crippen molar-refractivity contribution in [2.24, 2.45) is 0 Å². The first-order chi connectivity index (χ1) is 8.63. The van der Waals surface area contributed by atoms with Gasteiger partial charge in [-0.15, -0.1) is 11.3 Å². The zero-order chi connectivity index (χ0) is 13.1. The minimum absolute atomic E-state index is 0.227. The van der Waals surface area contributed by atoms with Crippen molar-refractivity contribution in [1.82, 2.24) is 5.32 Å². The monoisotopic (exact) mass is 267 g/mol. The molecular formula is C14H15F2NS. The van der Waals surface area contributed by atoms with E-state index in [1.165, 1.54) is 17.4 Å². The van der Waals surface area contributed by atoms with Crippen molar-refractivity contribution in [3.8, 4) is 10.4 Å². The fourth-order valence-corrected chi connectivity index (χ4v) is 2.89. The van der Waals surface area contributed by atoms with E-state index in [1.54, 1.807) is 6.07 Å². The zero-order valence-corrected chi connectivity index (χ0v) is 11.2. The van der Waals surface area contributed by atoms with Crippen LogP contribution in [0.1, 0.15) is 24.8 Å². The number of hydrogen-bond acceptors (Lipinski definition) is 2. The molecule has 1 aromatic heterocycles. The molecule has 0 fully saturated rings. The molecule has 1 nitrogen and oxygen atoms in total. The minimum atomic E-state index is -0.804. The van der Waals surface area contributed by atoms with Crippen LogP contribution in [0.25, 0.3) is 10.4 Å². The highest BCUT2D eigenvalue weighted by atomic mass is 32.1. The quantitative estimate of drug-likeness (QED) is 0.867. The highest BCUT2D eigenvalue weighted by Gasteiger charge is 2.13. The molecule has 0 aliphatic rings.